The fourth-order valence-corrected chi connectivity index (χ4v) is 2.54. The molecule has 0 saturated carbocycles. The first-order chi connectivity index (χ1) is 9.72. The first-order valence-corrected chi connectivity index (χ1v) is 7.99. The number of rotatable bonds is 6. The summed E-state index contributed by atoms with van der Waals surface area (Å²) < 4.78 is 6.73. The van der Waals surface area contributed by atoms with Crippen LogP contribution in [0.3, 0.4) is 0 Å². The third-order valence-corrected chi connectivity index (χ3v) is 3.97. The molecule has 1 fully saturated rings. The van der Waals surface area contributed by atoms with Crippen molar-refractivity contribution < 1.29 is 9.53 Å². The summed E-state index contributed by atoms with van der Waals surface area (Å²) in [5.74, 6) is 0.803. The number of hydrogen-bond acceptors (Lipinski definition) is 2. The zero-order valence-electron chi connectivity index (χ0n) is 11.8. The number of anilines is 1. The molecule has 20 heavy (non-hydrogen) atoms. The van der Waals surface area contributed by atoms with E-state index in [9.17, 15) is 4.79 Å². The third kappa shape index (κ3) is 3.88. The van der Waals surface area contributed by atoms with Crippen LogP contribution in [0, 0.1) is 0 Å². The maximum Gasteiger partial charge on any atom is 0.321 e. The maximum atomic E-state index is 11.9. The number of carbonyl (C=O) groups excluding carboxylic acids is 1. The number of ether oxygens (including phenoxy) is 1. The summed E-state index contributed by atoms with van der Waals surface area (Å²) >= 11 is 3.49. The summed E-state index contributed by atoms with van der Waals surface area (Å²) in [7, 11) is 0. The number of unbranched alkanes of at least 4 members (excludes halogenated alkanes) is 2. The van der Waals surface area contributed by atoms with Gasteiger partial charge in [-0.05, 0) is 40.9 Å². The number of amides is 2. The molecule has 0 radical (unpaired) electrons. The van der Waals surface area contributed by atoms with Crippen LogP contribution in [-0.2, 0) is 0 Å². The van der Waals surface area contributed by atoms with Gasteiger partial charge in [-0.3, -0.25) is 4.90 Å². The van der Waals surface area contributed by atoms with Gasteiger partial charge in [0.1, 0.15) is 5.75 Å². The smallest absolute Gasteiger partial charge is 0.321 e. The van der Waals surface area contributed by atoms with Crippen LogP contribution in [0.15, 0.2) is 22.7 Å². The molecule has 5 heteroatoms. The highest BCUT2D eigenvalue weighted by Crippen LogP contribution is 2.30. The molecule has 0 bridgehead atoms. The zero-order valence-corrected chi connectivity index (χ0v) is 13.4. The Morgan fingerprint density at radius 1 is 1.40 bits per heavy atom. The van der Waals surface area contributed by atoms with Crippen LogP contribution in [0.25, 0.3) is 0 Å². The van der Waals surface area contributed by atoms with E-state index in [2.05, 4.69) is 28.2 Å². The molecular weight excluding hydrogens is 320 g/mol. The first-order valence-electron chi connectivity index (χ1n) is 7.20. The Kier molecular flexibility index (Phi) is 5.71. The fourth-order valence-electron chi connectivity index (χ4n) is 2.18. The van der Waals surface area contributed by atoms with Gasteiger partial charge in [0.05, 0.1) is 11.1 Å². The van der Waals surface area contributed by atoms with Gasteiger partial charge in [-0.15, -0.1) is 0 Å². The van der Waals surface area contributed by atoms with Crippen LogP contribution in [0.5, 0.6) is 5.75 Å². The van der Waals surface area contributed by atoms with Gasteiger partial charge in [0.2, 0.25) is 0 Å². The van der Waals surface area contributed by atoms with E-state index < -0.39 is 0 Å². The molecule has 1 aromatic rings. The number of nitrogens with zero attached hydrogens (tertiary/aromatic N) is 1. The van der Waals surface area contributed by atoms with Crippen molar-refractivity contribution in [1.82, 2.24) is 5.32 Å². The lowest BCUT2D eigenvalue weighted by atomic mass is 10.2. The molecule has 2 rings (SSSR count). The number of benzene rings is 1. The van der Waals surface area contributed by atoms with Crippen molar-refractivity contribution in [3.63, 3.8) is 0 Å². The topological polar surface area (TPSA) is 41.6 Å². The highest BCUT2D eigenvalue weighted by molar-refractivity contribution is 9.10. The zero-order chi connectivity index (χ0) is 14.4. The second kappa shape index (κ2) is 7.53. The standard InChI is InChI=1S/C15H21BrN2O2/c1-2-3-4-10-20-14-11-12(6-7-13(14)16)18-9-5-8-17-15(18)19/h6-7,11H,2-5,8-10H2,1H3,(H,17,19). The van der Waals surface area contributed by atoms with Crippen LogP contribution in [0.4, 0.5) is 10.5 Å². The van der Waals surface area contributed by atoms with Gasteiger partial charge in [0, 0.05) is 24.8 Å². The van der Waals surface area contributed by atoms with Gasteiger partial charge in [-0.25, -0.2) is 4.79 Å². The van der Waals surface area contributed by atoms with E-state index in [4.69, 9.17) is 4.74 Å². The summed E-state index contributed by atoms with van der Waals surface area (Å²) in [6.45, 7) is 4.39. The van der Waals surface area contributed by atoms with Crippen molar-refractivity contribution in [3.05, 3.63) is 22.7 Å². The van der Waals surface area contributed by atoms with Crippen LogP contribution >= 0.6 is 15.9 Å². The quantitative estimate of drug-likeness (QED) is 0.797. The van der Waals surface area contributed by atoms with E-state index in [0.717, 1.165) is 41.8 Å². The first kappa shape index (κ1) is 15.2. The normalized spacial score (nSPS) is 15.1. The van der Waals surface area contributed by atoms with E-state index in [0.29, 0.717) is 6.61 Å². The molecular formula is C15H21BrN2O2. The van der Waals surface area contributed by atoms with E-state index in [-0.39, 0.29) is 6.03 Å². The lowest BCUT2D eigenvalue weighted by Gasteiger charge is -2.28. The van der Waals surface area contributed by atoms with Crippen LogP contribution in [0.2, 0.25) is 0 Å². The Bertz CT molecular complexity index is 465. The molecule has 1 aliphatic rings. The number of halogens is 1. The van der Waals surface area contributed by atoms with Crippen molar-refractivity contribution >= 4 is 27.6 Å². The predicted octanol–water partition coefficient (Wildman–Crippen LogP) is 3.94. The van der Waals surface area contributed by atoms with Crippen LogP contribution in [-0.4, -0.2) is 25.7 Å². The number of hydrogen-bond donors (Lipinski definition) is 1. The van der Waals surface area contributed by atoms with Crippen molar-refractivity contribution in [2.75, 3.05) is 24.6 Å². The Labute approximate surface area is 128 Å². The highest BCUT2D eigenvalue weighted by Gasteiger charge is 2.20. The molecule has 110 valence electrons. The minimum atomic E-state index is -0.0319. The monoisotopic (exact) mass is 340 g/mol. The predicted molar refractivity (Wildman–Crippen MR) is 84.5 cm³/mol. The molecule has 1 aliphatic heterocycles. The second-order valence-electron chi connectivity index (χ2n) is 4.91. The molecule has 0 spiro atoms. The van der Waals surface area contributed by atoms with Gasteiger partial charge >= 0.3 is 6.03 Å². The molecule has 0 atom stereocenters. The highest BCUT2D eigenvalue weighted by atomic mass is 79.9. The minimum Gasteiger partial charge on any atom is -0.492 e. The summed E-state index contributed by atoms with van der Waals surface area (Å²) in [6, 6.07) is 5.77. The van der Waals surface area contributed by atoms with Gasteiger partial charge in [-0.2, -0.15) is 0 Å². The minimum absolute atomic E-state index is 0.0319. The molecule has 4 nitrogen and oxygen atoms in total. The second-order valence-corrected chi connectivity index (χ2v) is 5.76. The molecule has 1 saturated heterocycles. The average molecular weight is 341 g/mol. The maximum absolute atomic E-state index is 11.9. The van der Waals surface area contributed by atoms with Crippen molar-refractivity contribution in [2.24, 2.45) is 0 Å². The Morgan fingerprint density at radius 3 is 3.00 bits per heavy atom. The molecule has 0 unspecified atom stereocenters. The van der Waals surface area contributed by atoms with E-state index in [1.54, 1.807) is 4.90 Å². The summed E-state index contributed by atoms with van der Waals surface area (Å²) in [4.78, 5) is 13.6. The van der Waals surface area contributed by atoms with Crippen LogP contribution in [0.1, 0.15) is 32.6 Å². The van der Waals surface area contributed by atoms with Crippen molar-refractivity contribution in [3.8, 4) is 5.75 Å². The van der Waals surface area contributed by atoms with Gasteiger partial charge in [0.15, 0.2) is 0 Å². The molecule has 1 N–H and O–H groups in total. The molecule has 1 aromatic carbocycles. The summed E-state index contributed by atoms with van der Waals surface area (Å²) in [6.07, 6.45) is 4.37. The lowest BCUT2D eigenvalue weighted by molar-refractivity contribution is 0.243. The summed E-state index contributed by atoms with van der Waals surface area (Å²) in [5.41, 5.74) is 0.885. The molecule has 1 heterocycles. The SMILES string of the molecule is CCCCCOc1cc(N2CCCNC2=O)ccc1Br. The fraction of sp³-hybridized carbons (Fsp3) is 0.533. The average Bonchev–Trinajstić information content (AvgIpc) is 2.46. The number of urea groups is 1. The molecule has 0 aliphatic carbocycles. The van der Waals surface area contributed by atoms with Crippen molar-refractivity contribution in [2.45, 2.75) is 32.6 Å². The molecule has 0 aromatic heterocycles. The number of carbonyl (C=O) groups is 1. The van der Waals surface area contributed by atoms with Gasteiger partial charge < -0.3 is 10.1 Å². The summed E-state index contributed by atoms with van der Waals surface area (Å²) in [5, 5.41) is 2.86. The van der Waals surface area contributed by atoms with Gasteiger partial charge in [-0.1, -0.05) is 19.8 Å². The lowest BCUT2D eigenvalue weighted by Crippen LogP contribution is -2.46. The van der Waals surface area contributed by atoms with Crippen LogP contribution < -0.4 is 15.0 Å². The largest absolute Gasteiger partial charge is 0.492 e. The number of nitrogens with one attached hydrogen (secondary N) is 1. The Hall–Kier alpha value is -1.23. The van der Waals surface area contributed by atoms with E-state index in [1.807, 2.05) is 18.2 Å². The van der Waals surface area contributed by atoms with Gasteiger partial charge in [0.25, 0.3) is 0 Å². The third-order valence-electron chi connectivity index (χ3n) is 3.31. The van der Waals surface area contributed by atoms with E-state index in [1.165, 1.54) is 12.8 Å². The molecule has 2 amide bonds. The van der Waals surface area contributed by atoms with E-state index >= 15 is 0 Å². The Morgan fingerprint density at radius 2 is 2.25 bits per heavy atom. The Balaban J connectivity index is 2.05. The van der Waals surface area contributed by atoms with Crippen molar-refractivity contribution in [1.29, 1.82) is 0 Å².